The van der Waals surface area contributed by atoms with Crippen molar-refractivity contribution in [1.82, 2.24) is 4.98 Å². The molecule has 2 aromatic rings. The molecule has 0 N–H and O–H groups in total. The van der Waals surface area contributed by atoms with Crippen molar-refractivity contribution in [1.29, 1.82) is 5.26 Å². The van der Waals surface area contributed by atoms with Crippen LogP contribution in [-0.2, 0) is 19.3 Å². The van der Waals surface area contributed by atoms with Gasteiger partial charge in [0.15, 0.2) is 0 Å². The van der Waals surface area contributed by atoms with Crippen LogP contribution >= 0.6 is 0 Å². The van der Waals surface area contributed by atoms with Crippen molar-refractivity contribution in [2.24, 2.45) is 0 Å². The minimum absolute atomic E-state index is 0.459. The molecule has 17 heavy (non-hydrogen) atoms. The van der Waals surface area contributed by atoms with Crippen LogP contribution in [0, 0.1) is 11.3 Å². The van der Waals surface area contributed by atoms with Gasteiger partial charge < -0.3 is 0 Å². The molecule has 0 spiro atoms. The number of aryl methyl sites for hydroxylation is 2. The fourth-order valence-electron chi connectivity index (χ4n) is 1.78. The van der Waals surface area contributed by atoms with Crippen molar-refractivity contribution in [2.75, 3.05) is 0 Å². The Morgan fingerprint density at radius 3 is 2.59 bits per heavy atom. The Balaban J connectivity index is 2.00. The first kappa shape index (κ1) is 11.3. The summed E-state index contributed by atoms with van der Waals surface area (Å²) in [6, 6.07) is 16.4. The van der Waals surface area contributed by atoms with Gasteiger partial charge in [0, 0.05) is 11.9 Å². The van der Waals surface area contributed by atoms with Crippen LogP contribution in [0.15, 0.2) is 48.7 Å². The molecule has 2 rings (SSSR count). The van der Waals surface area contributed by atoms with Crippen LogP contribution in [-0.4, -0.2) is 4.98 Å². The molecule has 0 aliphatic heterocycles. The number of nitriles is 1. The number of aromatic nitrogens is 1. The third-order valence-corrected chi connectivity index (χ3v) is 2.68. The summed E-state index contributed by atoms with van der Waals surface area (Å²) in [6.07, 6.45) is 4.15. The van der Waals surface area contributed by atoms with Gasteiger partial charge in [0.25, 0.3) is 0 Å². The lowest BCUT2D eigenvalue weighted by molar-refractivity contribution is 0.908. The van der Waals surface area contributed by atoms with E-state index in [4.69, 9.17) is 5.26 Å². The highest BCUT2D eigenvalue weighted by Crippen LogP contribution is 2.07. The second-order valence-corrected chi connectivity index (χ2v) is 3.98. The first-order chi connectivity index (χ1) is 8.38. The predicted molar refractivity (Wildman–Crippen MR) is 67.4 cm³/mol. The van der Waals surface area contributed by atoms with Crippen molar-refractivity contribution in [3.63, 3.8) is 0 Å². The maximum Gasteiger partial charge on any atom is 0.0669 e. The molecule has 0 atom stereocenters. The fraction of sp³-hybridized carbons (Fsp3) is 0.200. The van der Waals surface area contributed by atoms with E-state index in [0.29, 0.717) is 6.42 Å². The van der Waals surface area contributed by atoms with Crippen LogP contribution in [0.25, 0.3) is 0 Å². The Hall–Kier alpha value is -2.14. The molecule has 2 nitrogen and oxygen atoms in total. The van der Waals surface area contributed by atoms with Gasteiger partial charge in [-0.1, -0.05) is 30.3 Å². The fourth-order valence-corrected chi connectivity index (χ4v) is 1.78. The molecule has 0 bridgehead atoms. The van der Waals surface area contributed by atoms with Gasteiger partial charge in [-0.2, -0.15) is 5.26 Å². The quantitative estimate of drug-likeness (QED) is 0.797. The molecule has 0 radical (unpaired) electrons. The van der Waals surface area contributed by atoms with E-state index in [1.807, 2.05) is 18.2 Å². The van der Waals surface area contributed by atoms with Gasteiger partial charge in [-0.3, -0.25) is 4.98 Å². The molecule has 0 fully saturated rings. The molecule has 84 valence electrons. The van der Waals surface area contributed by atoms with Gasteiger partial charge in [0.1, 0.15) is 0 Å². The summed E-state index contributed by atoms with van der Waals surface area (Å²) in [5.74, 6) is 0. The maximum atomic E-state index is 8.65. The first-order valence-corrected chi connectivity index (χ1v) is 5.73. The van der Waals surface area contributed by atoms with E-state index in [2.05, 4.69) is 35.3 Å². The zero-order valence-corrected chi connectivity index (χ0v) is 9.63. The molecule has 1 aromatic carbocycles. The van der Waals surface area contributed by atoms with Crippen LogP contribution in [0.4, 0.5) is 0 Å². The van der Waals surface area contributed by atoms with E-state index in [1.54, 1.807) is 6.20 Å². The molecular formula is C15H14N2. The van der Waals surface area contributed by atoms with E-state index < -0.39 is 0 Å². The third-order valence-electron chi connectivity index (χ3n) is 2.68. The van der Waals surface area contributed by atoms with Crippen LogP contribution in [0.5, 0.6) is 0 Å². The number of nitrogens with zero attached hydrogens (tertiary/aromatic N) is 2. The molecule has 0 amide bonds. The molecule has 0 unspecified atom stereocenters. The molecule has 0 saturated carbocycles. The monoisotopic (exact) mass is 222 g/mol. The summed E-state index contributed by atoms with van der Waals surface area (Å²) in [7, 11) is 0. The van der Waals surface area contributed by atoms with Crippen LogP contribution < -0.4 is 0 Å². The molecule has 1 aromatic heterocycles. The summed E-state index contributed by atoms with van der Waals surface area (Å²) in [5, 5.41) is 8.65. The topological polar surface area (TPSA) is 36.7 Å². The summed E-state index contributed by atoms with van der Waals surface area (Å²) >= 11 is 0. The van der Waals surface area contributed by atoms with Crippen molar-refractivity contribution in [2.45, 2.75) is 19.3 Å². The Bertz CT molecular complexity index is 512. The third kappa shape index (κ3) is 3.42. The van der Waals surface area contributed by atoms with Gasteiger partial charge in [-0.15, -0.1) is 0 Å². The highest BCUT2D eigenvalue weighted by atomic mass is 14.7. The largest absolute Gasteiger partial charge is 0.261 e. The van der Waals surface area contributed by atoms with Gasteiger partial charge in [0.2, 0.25) is 0 Å². The predicted octanol–water partition coefficient (Wildman–Crippen LogP) is 2.93. The van der Waals surface area contributed by atoms with Gasteiger partial charge in [0.05, 0.1) is 12.5 Å². The summed E-state index contributed by atoms with van der Waals surface area (Å²) in [4.78, 5) is 4.33. The van der Waals surface area contributed by atoms with E-state index in [-0.39, 0.29) is 0 Å². The number of hydrogen-bond donors (Lipinski definition) is 0. The number of hydrogen-bond acceptors (Lipinski definition) is 2. The summed E-state index contributed by atoms with van der Waals surface area (Å²) < 4.78 is 0. The summed E-state index contributed by atoms with van der Waals surface area (Å²) in [6.45, 7) is 0. The average Bonchev–Trinajstić information content (AvgIpc) is 2.39. The average molecular weight is 222 g/mol. The van der Waals surface area contributed by atoms with Gasteiger partial charge >= 0.3 is 0 Å². The van der Waals surface area contributed by atoms with Crippen molar-refractivity contribution in [3.8, 4) is 6.07 Å². The van der Waals surface area contributed by atoms with Crippen LogP contribution in [0.2, 0.25) is 0 Å². The van der Waals surface area contributed by atoms with Gasteiger partial charge in [-0.05, 0) is 36.1 Å². The molecule has 0 aliphatic carbocycles. The minimum atomic E-state index is 0.459. The number of rotatable bonds is 4. The SMILES string of the molecule is N#CCc1ccnc(CCc2ccccc2)c1. The van der Waals surface area contributed by atoms with Crippen molar-refractivity contribution in [3.05, 3.63) is 65.5 Å². The highest BCUT2D eigenvalue weighted by Gasteiger charge is 1.98. The second-order valence-electron chi connectivity index (χ2n) is 3.98. The zero-order valence-electron chi connectivity index (χ0n) is 9.63. The van der Waals surface area contributed by atoms with Crippen LogP contribution in [0.1, 0.15) is 16.8 Å². The van der Waals surface area contributed by atoms with Gasteiger partial charge in [-0.25, -0.2) is 0 Å². The standard InChI is InChI=1S/C15H14N2/c16-10-8-14-9-11-17-15(12-14)7-6-13-4-2-1-3-5-13/h1-5,9,11-12H,6-8H2. The molecule has 1 heterocycles. The van der Waals surface area contributed by atoms with E-state index in [1.165, 1.54) is 5.56 Å². The minimum Gasteiger partial charge on any atom is -0.261 e. The number of pyridine rings is 1. The van der Waals surface area contributed by atoms with Crippen LogP contribution in [0.3, 0.4) is 0 Å². The number of benzene rings is 1. The van der Waals surface area contributed by atoms with E-state index in [9.17, 15) is 0 Å². The lowest BCUT2D eigenvalue weighted by Crippen LogP contribution is -1.95. The lowest BCUT2D eigenvalue weighted by Gasteiger charge is -2.02. The Kier molecular flexibility index (Phi) is 3.88. The zero-order chi connectivity index (χ0) is 11.9. The first-order valence-electron chi connectivity index (χ1n) is 5.73. The molecular weight excluding hydrogens is 208 g/mol. The second kappa shape index (κ2) is 5.81. The van der Waals surface area contributed by atoms with E-state index >= 15 is 0 Å². The smallest absolute Gasteiger partial charge is 0.0669 e. The van der Waals surface area contributed by atoms with Crippen molar-refractivity contribution < 1.29 is 0 Å². The maximum absolute atomic E-state index is 8.65. The Labute approximate surface area is 102 Å². The normalized spacial score (nSPS) is 9.82. The molecule has 0 aliphatic rings. The summed E-state index contributed by atoms with van der Waals surface area (Å²) in [5.41, 5.74) is 3.42. The molecule has 2 heteroatoms. The Morgan fingerprint density at radius 2 is 1.82 bits per heavy atom. The van der Waals surface area contributed by atoms with Crippen molar-refractivity contribution >= 4 is 0 Å². The van der Waals surface area contributed by atoms with E-state index in [0.717, 1.165) is 24.1 Å². The lowest BCUT2D eigenvalue weighted by atomic mass is 10.1. The Morgan fingerprint density at radius 1 is 1.00 bits per heavy atom. The highest BCUT2D eigenvalue weighted by molar-refractivity contribution is 5.21. The molecule has 0 saturated heterocycles.